The third kappa shape index (κ3) is 2.41. The third-order valence-corrected chi connectivity index (χ3v) is 3.37. The summed E-state index contributed by atoms with van der Waals surface area (Å²) in [5.74, 6) is 0. The van der Waals surface area contributed by atoms with Crippen LogP contribution in [0.1, 0.15) is 12.8 Å². The van der Waals surface area contributed by atoms with Crippen molar-refractivity contribution in [3.63, 3.8) is 0 Å². The molecule has 86 valence electrons. The Hall–Kier alpha value is -0.810. The van der Waals surface area contributed by atoms with Gasteiger partial charge in [-0.05, 0) is 19.4 Å². The molecule has 2 rings (SSSR count). The molecule has 2 amide bonds. The van der Waals surface area contributed by atoms with Crippen molar-refractivity contribution in [3.05, 3.63) is 0 Å². The molecule has 0 saturated carbocycles. The number of amides is 2. The molecule has 2 heterocycles. The number of nitrogens with two attached hydrogens (primary N) is 1. The first-order valence-corrected chi connectivity index (χ1v) is 5.78. The van der Waals surface area contributed by atoms with Crippen LogP contribution in [0.4, 0.5) is 4.79 Å². The van der Waals surface area contributed by atoms with E-state index in [4.69, 9.17) is 5.73 Å². The van der Waals surface area contributed by atoms with E-state index < -0.39 is 0 Å². The number of rotatable bonds is 4. The van der Waals surface area contributed by atoms with E-state index in [1.165, 1.54) is 12.8 Å². The highest BCUT2D eigenvalue weighted by molar-refractivity contribution is 5.76. The molecule has 2 saturated heterocycles. The fraction of sp³-hybridized carbons (Fsp3) is 0.900. The Labute approximate surface area is 90.6 Å². The summed E-state index contributed by atoms with van der Waals surface area (Å²) < 4.78 is 0. The van der Waals surface area contributed by atoms with Crippen molar-refractivity contribution in [3.8, 4) is 0 Å². The van der Waals surface area contributed by atoms with Gasteiger partial charge in [0, 0.05) is 38.8 Å². The monoisotopic (exact) mass is 212 g/mol. The molecule has 15 heavy (non-hydrogen) atoms. The highest BCUT2D eigenvalue weighted by Gasteiger charge is 2.25. The van der Waals surface area contributed by atoms with E-state index in [1.807, 2.05) is 4.90 Å². The second-order valence-corrected chi connectivity index (χ2v) is 4.29. The van der Waals surface area contributed by atoms with Crippen LogP contribution in [0.2, 0.25) is 0 Å². The van der Waals surface area contributed by atoms with E-state index in [0.717, 1.165) is 39.3 Å². The van der Waals surface area contributed by atoms with Crippen molar-refractivity contribution in [1.29, 1.82) is 0 Å². The van der Waals surface area contributed by atoms with Crippen LogP contribution in [-0.2, 0) is 0 Å². The maximum Gasteiger partial charge on any atom is 0.317 e. The predicted octanol–water partition coefficient (Wildman–Crippen LogP) is -0.565. The third-order valence-electron chi connectivity index (χ3n) is 3.37. The lowest BCUT2D eigenvalue weighted by molar-refractivity contribution is 0.197. The molecule has 0 aromatic rings. The average molecular weight is 212 g/mol. The summed E-state index contributed by atoms with van der Waals surface area (Å²) in [4.78, 5) is 15.6. The van der Waals surface area contributed by atoms with Crippen molar-refractivity contribution in [2.75, 3.05) is 39.3 Å². The summed E-state index contributed by atoms with van der Waals surface area (Å²) in [5, 5.41) is 2.81. The number of nitrogens with one attached hydrogen (secondary N) is 1. The van der Waals surface area contributed by atoms with Crippen LogP contribution in [0.5, 0.6) is 0 Å². The molecule has 3 N–H and O–H groups in total. The van der Waals surface area contributed by atoms with Gasteiger partial charge in [0.2, 0.25) is 0 Å². The fourth-order valence-electron chi connectivity index (χ4n) is 2.43. The lowest BCUT2D eigenvalue weighted by Crippen LogP contribution is -2.41. The second-order valence-electron chi connectivity index (χ2n) is 4.29. The van der Waals surface area contributed by atoms with Crippen molar-refractivity contribution in [1.82, 2.24) is 15.1 Å². The normalized spacial score (nSPS) is 27.4. The van der Waals surface area contributed by atoms with Crippen LogP contribution in [-0.4, -0.2) is 61.1 Å². The number of urea groups is 1. The molecular weight excluding hydrogens is 192 g/mol. The number of hydrogen-bond acceptors (Lipinski definition) is 3. The SMILES string of the molecule is NCC1CCCN1CCN1CCNC1=O. The van der Waals surface area contributed by atoms with E-state index >= 15 is 0 Å². The van der Waals surface area contributed by atoms with Crippen LogP contribution >= 0.6 is 0 Å². The summed E-state index contributed by atoms with van der Waals surface area (Å²) in [6, 6.07) is 0.620. The minimum atomic E-state index is 0.0819. The van der Waals surface area contributed by atoms with Gasteiger partial charge in [0.15, 0.2) is 0 Å². The van der Waals surface area contributed by atoms with E-state index in [-0.39, 0.29) is 6.03 Å². The highest BCUT2D eigenvalue weighted by Crippen LogP contribution is 2.15. The van der Waals surface area contributed by atoms with Crippen molar-refractivity contribution >= 4 is 6.03 Å². The van der Waals surface area contributed by atoms with Gasteiger partial charge in [0.05, 0.1) is 0 Å². The summed E-state index contributed by atoms with van der Waals surface area (Å²) in [6.45, 7) is 5.32. The average Bonchev–Trinajstić information content (AvgIpc) is 2.83. The molecule has 1 atom stereocenters. The van der Waals surface area contributed by atoms with Gasteiger partial charge < -0.3 is 16.0 Å². The summed E-state index contributed by atoms with van der Waals surface area (Å²) in [6.07, 6.45) is 2.46. The smallest absolute Gasteiger partial charge is 0.317 e. The van der Waals surface area contributed by atoms with E-state index in [0.29, 0.717) is 6.04 Å². The minimum Gasteiger partial charge on any atom is -0.336 e. The number of likely N-dealkylation sites (tertiary alicyclic amines) is 1. The van der Waals surface area contributed by atoms with Crippen molar-refractivity contribution in [2.45, 2.75) is 18.9 Å². The fourth-order valence-corrected chi connectivity index (χ4v) is 2.43. The van der Waals surface area contributed by atoms with E-state index in [9.17, 15) is 4.79 Å². The quantitative estimate of drug-likeness (QED) is 0.656. The van der Waals surface area contributed by atoms with Gasteiger partial charge >= 0.3 is 6.03 Å². The second kappa shape index (κ2) is 4.81. The molecule has 0 aliphatic carbocycles. The number of carbonyl (C=O) groups excluding carboxylic acids is 1. The maximum atomic E-state index is 11.3. The maximum absolute atomic E-state index is 11.3. The summed E-state index contributed by atoms with van der Waals surface area (Å²) >= 11 is 0. The van der Waals surface area contributed by atoms with Crippen molar-refractivity contribution < 1.29 is 4.79 Å². The first kappa shape index (κ1) is 10.7. The Morgan fingerprint density at radius 3 is 2.93 bits per heavy atom. The number of hydrogen-bond donors (Lipinski definition) is 2. The summed E-state index contributed by atoms with van der Waals surface area (Å²) in [5.41, 5.74) is 5.70. The Kier molecular flexibility index (Phi) is 3.43. The van der Waals surface area contributed by atoms with E-state index in [2.05, 4.69) is 10.2 Å². The molecule has 0 aromatic heterocycles. The zero-order chi connectivity index (χ0) is 10.7. The summed E-state index contributed by atoms with van der Waals surface area (Å²) in [7, 11) is 0. The zero-order valence-corrected chi connectivity index (χ0v) is 9.11. The van der Waals surface area contributed by atoms with E-state index in [1.54, 1.807) is 0 Å². The van der Waals surface area contributed by atoms with Crippen LogP contribution in [0.3, 0.4) is 0 Å². The van der Waals surface area contributed by atoms with Crippen LogP contribution < -0.4 is 11.1 Å². The van der Waals surface area contributed by atoms with Crippen molar-refractivity contribution in [2.24, 2.45) is 5.73 Å². The number of carbonyl (C=O) groups is 1. The molecule has 2 aliphatic heterocycles. The Morgan fingerprint density at radius 2 is 2.27 bits per heavy atom. The predicted molar refractivity (Wildman–Crippen MR) is 58.6 cm³/mol. The first-order valence-electron chi connectivity index (χ1n) is 5.78. The van der Waals surface area contributed by atoms with Gasteiger partial charge in [-0.15, -0.1) is 0 Å². The zero-order valence-electron chi connectivity index (χ0n) is 9.11. The molecule has 2 aliphatic rings. The first-order chi connectivity index (χ1) is 7.31. The van der Waals surface area contributed by atoms with Gasteiger partial charge in [-0.2, -0.15) is 0 Å². The van der Waals surface area contributed by atoms with Crippen LogP contribution in [0.15, 0.2) is 0 Å². The molecule has 2 fully saturated rings. The highest BCUT2D eigenvalue weighted by atomic mass is 16.2. The minimum absolute atomic E-state index is 0.0819. The molecule has 0 radical (unpaired) electrons. The molecule has 0 spiro atoms. The largest absolute Gasteiger partial charge is 0.336 e. The Morgan fingerprint density at radius 1 is 1.40 bits per heavy atom. The van der Waals surface area contributed by atoms with Gasteiger partial charge in [-0.25, -0.2) is 4.79 Å². The standard InChI is InChI=1S/C10H20N4O/c11-8-9-2-1-4-13(9)6-7-14-5-3-12-10(14)15/h9H,1-8,11H2,(H,12,15). The van der Waals surface area contributed by atoms with Gasteiger partial charge in [-0.3, -0.25) is 4.90 Å². The van der Waals surface area contributed by atoms with Crippen LogP contribution in [0, 0.1) is 0 Å². The topological polar surface area (TPSA) is 61.6 Å². The molecule has 5 nitrogen and oxygen atoms in total. The Balaban J connectivity index is 1.75. The lowest BCUT2D eigenvalue weighted by atomic mass is 10.2. The van der Waals surface area contributed by atoms with Gasteiger partial charge in [0.1, 0.15) is 0 Å². The Bertz CT molecular complexity index is 233. The van der Waals surface area contributed by atoms with Crippen LogP contribution in [0.25, 0.3) is 0 Å². The number of nitrogens with zero attached hydrogens (tertiary/aromatic N) is 2. The molecule has 1 unspecified atom stereocenters. The lowest BCUT2D eigenvalue weighted by Gasteiger charge is -2.25. The van der Waals surface area contributed by atoms with Gasteiger partial charge in [-0.1, -0.05) is 0 Å². The molecular formula is C10H20N4O. The van der Waals surface area contributed by atoms with Gasteiger partial charge in [0.25, 0.3) is 0 Å². The molecule has 0 aromatic carbocycles. The molecule has 0 bridgehead atoms. The molecule has 5 heteroatoms.